The largest absolute Gasteiger partial charge is 0.493 e. The van der Waals surface area contributed by atoms with Gasteiger partial charge in [0, 0.05) is 22.3 Å². The van der Waals surface area contributed by atoms with E-state index in [-0.39, 0.29) is 4.90 Å². The van der Waals surface area contributed by atoms with E-state index < -0.39 is 9.05 Å². The minimum atomic E-state index is -3.81. The Morgan fingerprint density at radius 3 is 2.79 bits per heavy atom. The maximum absolute atomic E-state index is 11.5. The summed E-state index contributed by atoms with van der Waals surface area (Å²) in [7, 11) is 1.61. The molecule has 2 aromatic rings. The Bertz CT molecular complexity index is 726. The second-order valence-corrected chi connectivity index (χ2v) is 7.19. The molecule has 100 valence electrons. The maximum Gasteiger partial charge on any atom is 0.263 e. The molecular weight excluding hydrogens is 286 g/mol. The third-order valence-corrected chi connectivity index (χ3v) is 4.48. The zero-order valence-corrected chi connectivity index (χ0v) is 11.6. The van der Waals surface area contributed by atoms with Crippen LogP contribution in [0.25, 0.3) is 10.9 Å². The summed E-state index contributed by atoms with van der Waals surface area (Å²) in [5, 5.41) is 0.671. The molecule has 1 aliphatic rings. The number of benzene rings is 1. The summed E-state index contributed by atoms with van der Waals surface area (Å²) in [4.78, 5) is 4.12. The van der Waals surface area contributed by atoms with Gasteiger partial charge in [0.25, 0.3) is 9.05 Å². The van der Waals surface area contributed by atoms with Crippen LogP contribution in [0.3, 0.4) is 0 Å². The third kappa shape index (κ3) is 2.67. The van der Waals surface area contributed by atoms with Crippen molar-refractivity contribution in [3.63, 3.8) is 0 Å². The van der Waals surface area contributed by atoms with Crippen molar-refractivity contribution in [1.82, 2.24) is 4.98 Å². The molecule has 0 aliphatic heterocycles. The quantitative estimate of drug-likeness (QED) is 0.814. The number of hydrogen-bond donors (Lipinski definition) is 0. The first-order valence-corrected chi connectivity index (χ1v) is 8.32. The number of hydrogen-bond acceptors (Lipinski definition) is 4. The Kier molecular flexibility index (Phi) is 3.11. The van der Waals surface area contributed by atoms with Crippen LogP contribution in [0.15, 0.2) is 35.4 Å². The first-order valence-electron chi connectivity index (χ1n) is 6.01. The summed E-state index contributed by atoms with van der Waals surface area (Å²) >= 11 is 0. The Morgan fingerprint density at radius 2 is 2.11 bits per heavy atom. The molecule has 1 aromatic heterocycles. The van der Waals surface area contributed by atoms with Gasteiger partial charge < -0.3 is 4.74 Å². The molecule has 0 bridgehead atoms. The van der Waals surface area contributed by atoms with E-state index in [4.69, 9.17) is 15.4 Å². The van der Waals surface area contributed by atoms with Crippen molar-refractivity contribution in [2.24, 2.45) is 5.92 Å². The lowest BCUT2D eigenvalue weighted by atomic mass is 10.2. The van der Waals surface area contributed by atoms with Crippen molar-refractivity contribution < 1.29 is 13.2 Å². The topological polar surface area (TPSA) is 56.3 Å². The summed E-state index contributed by atoms with van der Waals surface area (Å²) in [5.74, 6) is 1.28. The average molecular weight is 298 g/mol. The Hall–Kier alpha value is -1.33. The summed E-state index contributed by atoms with van der Waals surface area (Å²) in [6, 6.07) is 6.62. The van der Waals surface area contributed by atoms with E-state index in [2.05, 4.69) is 4.98 Å². The molecule has 6 heteroatoms. The van der Waals surface area contributed by atoms with Gasteiger partial charge in [-0.2, -0.15) is 0 Å². The first kappa shape index (κ1) is 12.7. The lowest BCUT2D eigenvalue weighted by Gasteiger charge is -2.10. The number of aromatic nitrogens is 1. The monoisotopic (exact) mass is 297 g/mol. The maximum atomic E-state index is 11.5. The van der Waals surface area contributed by atoms with Gasteiger partial charge in [-0.15, -0.1) is 0 Å². The van der Waals surface area contributed by atoms with Crippen LogP contribution in [0.2, 0.25) is 0 Å². The number of nitrogens with zero attached hydrogens (tertiary/aromatic N) is 1. The summed E-state index contributed by atoms with van der Waals surface area (Å²) in [6.45, 7) is 0.664. The SMILES string of the molecule is O=S(=O)(Cl)c1ccc(OCC2CC2)c2cccnc12. The fourth-order valence-corrected chi connectivity index (χ4v) is 2.93. The van der Waals surface area contributed by atoms with Gasteiger partial charge in [0.2, 0.25) is 0 Å². The highest BCUT2D eigenvalue weighted by atomic mass is 35.7. The van der Waals surface area contributed by atoms with E-state index >= 15 is 0 Å². The lowest BCUT2D eigenvalue weighted by Crippen LogP contribution is -2.01. The third-order valence-electron chi connectivity index (χ3n) is 3.13. The highest BCUT2D eigenvalue weighted by molar-refractivity contribution is 8.14. The van der Waals surface area contributed by atoms with Gasteiger partial charge in [0.15, 0.2) is 0 Å². The molecule has 0 spiro atoms. The molecule has 0 amide bonds. The van der Waals surface area contributed by atoms with E-state index in [9.17, 15) is 8.42 Å². The molecule has 0 saturated heterocycles. The second-order valence-electron chi connectivity index (χ2n) is 4.65. The number of ether oxygens (including phenoxy) is 1. The molecule has 1 aliphatic carbocycles. The molecule has 0 N–H and O–H groups in total. The van der Waals surface area contributed by atoms with Gasteiger partial charge in [-0.3, -0.25) is 4.98 Å². The Labute approximate surface area is 115 Å². The van der Waals surface area contributed by atoms with Crippen LogP contribution in [0, 0.1) is 5.92 Å². The molecule has 4 nitrogen and oxygen atoms in total. The van der Waals surface area contributed by atoms with Crippen LogP contribution in [-0.4, -0.2) is 20.0 Å². The smallest absolute Gasteiger partial charge is 0.263 e. The average Bonchev–Trinajstić information content (AvgIpc) is 3.18. The molecule has 0 unspecified atom stereocenters. The predicted molar refractivity (Wildman–Crippen MR) is 73.0 cm³/mol. The highest BCUT2D eigenvalue weighted by Gasteiger charge is 2.23. The van der Waals surface area contributed by atoms with Crippen molar-refractivity contribution >= 4 is 30.6 Å². The zero-order chi connectivity index (χ0) is 13.5. The minimum absolute atomic E-state index is 0.0172. The molecule has 1 saturated carbocycles. The van der Waals surface area contributed by atoms with Crippen LogP contribution in [0.1, 0.15) is 12.8 Å². The van der Waals surface area contributed by atoms with Gasteiger partial charge in [-0.25, -0.2) is 8.42 Å². The standard InChI is InChI=1S/C13H12ClNO3S/c14-19(16,17)12-6-5-11(18-8-9-3-4-9)10-2-1-7-15-13(10)12/h1-2,5-7,9H,3-4,8H2. The minimum Gasteiger partial charge on any atom is -0.493 e. The number of rotatable bonds is 4. The van der Waals surface area contributed by atoms with E-state index in [0.29, 0.717) is 29.2 Å². The fraction of sp³-hybridized carbons (Fsp3) is 0.308. The fourth-order valence-electron chi connectivity index (χ4n) is 1.94. The van der Waals surface area contributed by atoms with E-state index in [0.717, 1.165) is 0 Å². The van der Waals surface area contributed by atoms with Crippen LogP contribution in [0.4, 0.5) is 0 Å². The van der Waals surface area contributed by atoms with Crippen LogP contribution >= 0.6 is 10.7 Å². The number of pyridine rings is 1. The summed E-state index contributed by atoms with van der Waals surface area (Å²) < 4.78 is 28.8. The highest BCUT2D eigenvalue weighted by Crippen LogP contribution is 2.34. The molecule has 3 rings (SSSR count). The van der Waals surface area contributed by atoms with Gasteiger partial charge in [-0.1, -0.05) is 0 Å². The molecule has 0 atom stereocenters. The predicted octanol–water partition coefficient (Wildman–Crippen LogP) is 2.95. The van der Waals surface area contributed by atoms with Crippen molar-refractivity contribution in [3.05, 3.63) is 30.5 Å². The molecule has 0 radical (unpaired) electrons. The van der Waals surface area contributed by atoms with Crippen molar-refractivity contribution in [2.75, 3.05) is 6.61 Å². The Morgan fingerprint density at radius 1 is 1.32 bits per heavy atom. The van der Waals surface area contributed by atoms with Crippen LogP contribution in [0.5, 0.6) is 5.75 Å². The summed E-state index contributed by atoms with van der Waals surface area (Å²) in [5.41, 5.74) is 0.353. The van der Waals surface area contributed by atoms with Crippen molar-refractivity contribution in [2.45, 2.75) is 17.7 Å². The molecule has 1 fully saturated rings. The molecule has 19 heavy (non-hydrogen) atoms. The Balaban J connectivity index is 2.10. The van der Waals surface area contributed by atoms with E-state index in [1.165, 1.54) is 18.9 Å². The molecule has 1 aromatic carbocycles. The van der Waals surface area contributed by atoms with Crippen LogP contribution < -0.4 is 4.74 Å². The summed E-state index contributed by atoms with van der Waals surface area (Å²) in [6.07, 6.45) is 3.94. The van der Waals surface area contributed by atoms with E-state index in [1.54, 1.807) is 24.4 Å². The lowest BCUT2D eigenvalue weighted by molar-refractivity contribution is 0.303. The van der Waals surface area contributed by atoms with Gasteiger partial charge in [-0.05, 0) is 43.0 Å². The van der Waals surface area contributed by atoms with Gasteiger partial charge in [0.1, 0.15) is 10.6 Å². The molecule has 1 heterocycles. The van der Waals surface area contributed by atoms with Crippen molar-refractivity contribution in [3.8, 4) is 5.75 Å². The number of fused-ring (bicyclic) bond motifs is 1. The first-order chi connectivity index (χ1) is 9.05. The zero-order valence-electron chi connectivity index (χ0n) is 10.0. The van der Waals surface area contributed by atoms with E-state index in [1.807, 2.05) is 0 Å². The normalized spacial score (nSPS) is 15.6. The van der Waals surface area contributed by atoms with Crippen LogP contribution in [-0.2, 0) is 9.05 Å². The molecular formula is C13H12ClNO3S. The second kappa shape index (κ2) is 4.65. The van der Waals surface area contributed by atoms with Gasteiger partial charge in [0.05, 0.1) is 12.1 Å². The van der Waals surface area contributed by atoms with Crippen molar-refractivity contribution in [1.29, 1.82) is 0 Å². The van der Waals surface area contributed by atoms with Gasteiger partial charge >= 0.3 is 0 Å². The number of halogens is 1.